The van der Waals surface area contributed by atoms with Gasteiger partial charge in [0.2, 0.25) is 5.82 Å². The summed E-state index contributed by atoms with van der Waals surface area (Å²) in [6.07, 6.45) is 3.58. The highest BCUT2D eigenvalue weighted by atomic mass is 16.6. The Balaban J connectivity index is 1.72. The molecule has 2 aromatic heterocycles. The molecule has 0 aliphatic rings. The molecular formula is C23H23N5O2. The zero-order valence-electron chi connectivity index (χ0n) is 16.9. The highest BCUT2D eigenvalue weighted by Crippen LogP contribution is 2.32. The van der Waals surface area contributed by atoms with E-state index >= 15 is 0 Å². The van der Waals surface area contributed by atoms with E-state index in [1.165, 1.54) is 6.07 Å². The van der Waals surface area contributed by atoms with Crippen LogP contribution in [0.5, 0.6) is 0 Å². The molecular weight excluding hydrogens is 378 g/mol. The molecule has 0 spiro atoms. The van der Waals surface area contributed by atoms with Gasteiger partial charge in [-0.3, -0.25) is 10.1 Å². The topological polar surface area (TPSA) is 87.1 Å². The molecule has 0 amide bonds. The minimum absolute atomic E-state index is 0.0148. The van der Waals surface area contributed by atoms with Gasteiger partial charge in [0.1, 0.15) is 0 Å². The Labute approximate surface area is 174 Å². The van der Waals surface area contributed by atoms with Crippen LogP contribution >= 0.6 is 0 Å². The molecule has 7 heteroatoms. The van der Waals surface area contributed by atoms with Gasteiger partial charge in [-0.2, -0.15) is 0 Å². The fourth-order valence-electron chi connectivity index (χ4n) is 3.67. The minimum atomic E-state index is -0.415. The summed E-state index contributed by atoms with van der Waals surface area (Å²) in [7, 11) is 4.02. The van der Waals surface area contributed by atoms with Gasteiger partial charge in [0.15, 0.2) is 0 Å². The van der Waals surface area contributed by atoms with Gasteiger partial charge in [0.05, 0.1) is 4.92 Å². The lowest BCUT2D eigenvalue weighted by Gasteiger charge is -2.20. The molecule has 2 heterocycles. The fraction of sp³-hybridized carbons (Fsp3) is 0.174. The second kappa shape index (κ2) is 8.24. The van der Waals surface area contributed by atoms with Crippen LogP contribution in [-0.4, -0.2) is 35.5 Å². The Morgan fingerprint density at radius 2 is 1.87 bits per heavy atom. The minimum Gasteiger partial charge on any atom is -0.378 e. The Bertz CT molecular complexity index is 1170. The van der Waals surface area contributed by atoms with Crippen molar-refractivity contribution in [3.63, 3.8) is 0 Å². The molecule has 7 nitrogen and oxygen atoms in total. The Morgan fingerprint density at radius 1 is 1.10 bits per heavy atom. The van der Waals surface area contributed by atoms with Crippen molar-refractivity contribution in [2.45, 2.75) is 5.92 Å². The smallest absolute Gasteiger partial charge is 0.311 e. The molecule has 0 fully saturated rings. The molecule has 152 valence electrons. The number of fused-ring (bicyclic) bond motifs is 1. The number of benzene rings is 2. The summed E-state index contributed by atoms with van der Waals surface area (Å²) < 4.78 is 0. The summed E-state index contributed by atoms with van der Waals surface area (Å²) in [5, 5.41) is 15.7. The summed E-state index contributed by atoms with van der Waals surface area (Å²) in [6.45, 7) is 0.473. The van der Waals surface area contributed by atoms with Crippen LogP contribution in [-0.2, 0) is 0 Å². The van der Waals surface area contributed by atoms with Crippen LogP contribution in [0.3, 0.4) is 0 Å². The molecule has 4 rings (SSSR count). The third-order valence-electron chi connectivity index (χ3n) is 5.27. The molecule has 4 aromatic rings. The zero-order valence-corrected chi connectivity index (χ0v) is 16.9. The number of hydrogen-bond acceptors (Lipinski definition) is 5. The maximum Gasteiger partial charge on any atom is 0.311 e. The Hall–Kier alpha value is -3.87. The lowest BCUT2D eigenvalue weighted by molar-refractivity contribution is -0.384. The number of nitrogens with zero attached hydrogens (tertiary/aromatic N) is 3. The maximum atomic E-state index is 11.4. The van der Waals surface area contributed by atoms with Crippen LogP contribution in [0.25, 0.3) is 10.9 Å². The fourth-order valence-corrected chi connectivity index (χ4v) is 3.67. The monoisotopic (exact) mass is 401 g/mol. The SMILES string of the molecule is CN(C)c1ccc([C@H](CNc2ncccc2[N+](=O)[O-])c2c[nH]c3ccccc23)cc1. The first-order valence-corrected chi connectivity index (χ1v) is 9.71. The first kappa shape index (κ1) is 19.4. The first-order valence-electron chi connectivity index (χ1n) is 9.71. The second-order valence-corrected chi connectivity index (χ2v) is 7.34. The summed E-state index contributed by atoms with van der Waals surface area (Å²) in [5.74, 6) is 0.260. The number of nitro groups is 1. The van der Waals surface area contributed by atoms with E-state index in [0.717, 1.165) is 27.7 Å². The number of hydrogen-bond donors (Lipinski definition) is 2. The van der Waals surface area contributed by atoms with Crippen molar-refractivity contribution in [2.75, 3.05) is 30.9 Å². The van der Waals surface area contributed by atoms with E-state index in [1.807, 2.05) is 38.5 Å². The molecule has 0 radical (unpaired) electrons. The van der Waals surface area contributed by atoms with Crippen molar-refractivity contribution < 1.29 is 4.92 Å². The lowest BCUT2D eigenvalue weighted by Crippen LogP contribution is -2.16. The second-order valence-electron chi connectivity index (χ2n) is 7.34. The number of pyridine rings is 1. The van der Waals surface area contributed by atoms with Crippen LogP contribution in [0.2, 0.25) is 0 Å². The van der Waals surface area contributed by atoms with Gasteiger partial charge in [0.25, 0.3) is 0 Å². The average molecular weight is 401 g/mol. The summed E-state index contributed by atoms with van der Waals surface area (Å²) in [5.41, 5.74) is 4.40. The summed E-state index contributed by atoms with van der Waals surface area (Å²) in [6, 6.07) is 19.6. The normalized spacial score (nSPS) is 11.9. The van der Waals surface area contributed by atoms with Crippen molar-refractivity contribution in [1.29, 1.82) is 0 Å². The molecule has 2 N–H and O–H groups in total. The van der Waals surface area contributed by atoms with Crippen LogP contribution in [0.4, 0.5) is 17.2 Å². The van der Waals surface area contributed by atoms with E-state index in [-0.39, 0.29) is 17.4 Å². The third-order valence-corrected chi connectivity index (χ3v) is 5.27. The van der Waals surface area contributed by atoms with Crippen molar-refractivity contribution in [3.05, 3.63) is 94.3 Å². The number of rotatable bonds is 7. The summed E-state index contributed by atoms with van der Waals surface area (Å²) >= 11 is 0. The number of para-hydroxylation sites is 1. The van der Waals surface area contributed by atoms with Gasteiger partial charge in [-0.25, -0.2) is 4.98 Å². The number of nitrogens with one attached hydrogen (secondary N) is 2. The van der Waals surface area contributed by atoms with Gasteiger partial charge in [0, 0.05) is 61.6 Å². The van der Waals surface area contributed by atoms with E-state index in [2.05, 4.69) is 50.5 Å². The van der Waals surface area contributed by atoms with Crippen molar-refractivity contribution >= 4 is 28.1 Å². The number of aromatic amines is 1. The van der Waals surface area contributed by atoms with Gasteiger partial charge < -0.3 is 15.2 Å². The highest BCUT2D eigenvalue weighted by molar-refractivity contribution is 5.84. The van der Waals surface area contributed by atoms with Gasteiger partial charge in [-0.1, -0.05) is 30.3 Å². The first-order chi connectivity index (χ1) is 14.5. The maximum absolute atomic E-state index is 11.4. The van der Waals surface area contributed by atoms with Gasteiger partial charge in [-0.15, -0.1) is 0 Å². The lowest BCUT2D eigenvalue weighted by atomic mass is 9.90. The molecule has 30 heavy (non-hydrogen) atoms. The van der Waals surface area contributed by atoms with E-state index in [1.54, 1.807) is 12.3 Å². The molecule has 0 unspecified atom stereocenters. The van der Waals surface area contributed by atoms with Crippen LogP contribution in [0.1, 0.15) is 17.0 Å². The standard InChI is InChI=1S/C23H23N5O2/c1-27(2)17-11-9-16(10-12-17)19(20-15-25-21-7-4-3-6-18(20)21)14-26-23-22(28(29)30)8-5-13-24-23/h3-13,15,19,25H,14H2,1-2H3,(H,24,26)/t19-/m0/s1. The Kier molecular flexibility index (Phi) is 5.34. The van der Waals surface area contributed by atoms with E-state index in [4.69, 9.17) is 0 Å². The van der Waals surface area contributed by atoms with Gasteiger partial charge in [-0.05, 0) is 35.4 Å². The van der Waals surface area contributed by atoms with Crippen molar-refractivity contribution in [3.8, 4) is 0 Å². The largest absolute Gasteiger partial charge is 0.378 e. The van der Waals surface area contributed by atoms with E-state index in [0.29, 0.717) is 6.54 Å². The number of H-pyrrole nitrogens is 1. The number of aromatic nitrogens is 2. The predicted molar refractivity (Wildman–Crippen MR) is 120 cm³/mol. The molecule has 1 atom stereocenters. The van der Waals surface area contributed by atoms with Crippen molar-refractivity contribution in [2.24, 2.45) is 0 Å². The van der Waals surface area contributed by atoms with Crippen LogP contribution in [0, 0.1) is 10.1 Å². The highest BCUT2D eigenvalue weighted by Gasteiger charge is 2.21. The molecule has 0 aliphatic carbocycles. The van der Waals surface area contributed by atoms with E-state index < -0.39 is 4.92 Å². The number of anilines is 2. The molecule has 0 bridgehead atoms. The van der Waals surface area contributed by atoms with E-state index in [9.17, 15) is 10.1 Å². The summed E-state index contributed by atoms with van der Waals surface area (Å²) in [4.78, 5) is 20.5. The molecule has 2 aromatic carbocycles. The average Bonchev–Trinajstić information content (AvgIpc) is 3.18. The van der Waals surface area contributed by atoms with Crippen LogP contribution in [0.15, 0.2) is 73.1 Å². The molecule has 0 saturated carbocycles. The quantitative estimate of drug-likeness (QED) is 0.344. The predicted octanol–water partition coefficient (Wildman–Crippen LogP) is 4.78. The zero-order chi connectivity index (χ0) is 21.1. The van der Waals surface area contributed by atoms with Gasteiger partial charge >= 0.3 is 5.69 Å². The Morgan fingerprint density at radius 3 is 2.60 bits per heavy atom. The molecule has 0 saturated heterocycles. The van der Waals surface area contributed by atoms with Crippen molar-refractivity contribution in [1.82, 2.24) is 9.97 Å². The molecule has 0 aliphatic heterocycles. The van der Waals surface area contributed by atoms with Crippen LogP contribution < -0.4 is 10.2 Å². The third kappa shape index (κ3) is 3.82.